The molecule has 0 radical (unpaired) electrons. The van der Waals surface area contributed by atoms with Gasteiger partial charge in [-0.25, -0.2) is 0 Å². The number of hydrogen-bond donors (Lipinski definition) is 0. The van der Waals surface area contributed by atoms with E-state index in [1.54, 1.807) is 0 Å². The number of methoxy groups -OCH3 is 1. The molecule has 1 saturated carbocycles. The largest absolute Gasteiger partial charge is 0.377 e. The van der Waals surface area contributed by atoms with Crippen LogP contribution < -0.4 is 0 Å². The van der Waals surface area contributed by atoms with E-state index in [0.717, 1.165) is 31.1 Å². The van der Waals surface area contributed by atoms with E-state index in [1.807, 2.05) is 7.11 Å². The van der Waals surface area contributed by atoms with Crippen LogP contribution >= 0.6 is 0 Å². The first kappa shape index (κ1) is 12.9. The molecule has 0 N–H and O–H groups in total. The number of rotatable bonds is 1. The minimum absolute atomic E-state index is 0.313. The van der Waals surface area contributed by atoms with Gasteiger partial charge in [-0.15, -0.1) is 0 Å². The van der Waals surface area contributed by atoms with Gasteiger partial charge < -0.3 is 4.74 Å². The fraction of sp³-hybridized carbons (Fsp3) is 0.750. The van der Waals surface area contributed by atoms with Gasteiger partial charge in [0.15, 0.2) is 0 Å². The summed E-state index contributed by atoms with van der Waals surface area (Å²) in [6, 6.07) is 0. The van der Waals surface area contributed by atoms with Gasteiger partial charge in [0, 0.05) is 7.11 Å². The van der Waals surface area contributed by atoms with Gasteiger partial charge in [-0.05, 0) is 55.4 Å². The zero-order valence-electron chi connectivity index (χ0n) is 11.8. The molecule has 0 spiro atoms. The fourth-order valence-electron chi connectivity index (χ4n) is 3.66. The molecule has 0 heterocycles. The Morgan fingerprint density at radius 1 is 1.41 bits per heavy atom. The van der Waals surface area contributed by atoms with E-state index in [1.165, 1.54) is 17.6 Å². The molecule has 96 valence electrons. The SMILES string of the molecule is C=C1CCC=C(C)C(OC)CC2C1CC2(C)C. The van der Waals surface area contributed by atoms with Gasteiger partial charge in [-0.2, -0.15) is 0 Å². The van der Waals surface area contributed by atoms with Gasteiger partial charge in [0.1, 0.15) is 0 Å². The normalized spacial score (nSPS) is 37.1. The summed E-state index contributed by atoms with van der Waals surface area (Å²) in [4.78, 5) is 0. The van der Waals surface area contributed by atoms with Crippen LogP contribution in [0.2, 0.25) is 0 Å². The Hall–Kier alpha value is -0.560. The maximum Gasteiger partial charge on any atom is 0.0781 e. The van der Waals surface area contributed by atoms with Crippen LogP contribution in [0.5, 0.6) is 0 Å². The van der Waals surface area contributed by atoms with Crippen molar-refractivity contribution >= 4 is 0 Å². The van der Waals surface area contributed by atoms with Crippen molar-refractivity contribution in [1.82, 2.24) is 0 Å². The summed E-state index contributed by atoms with van der Waals surface area (Å²) < 4.78 is 5.68. The van der Waals surface area contributed by atoms with Crippen molar-refractivity contribution in [3.63, 3.8) is 0 Å². The van der Waals surface area contributed by atoms with E-state index in [-0.39, 0.29) is 0 Å². The molecule has 0 amide bonds. The van der Waals surface area contributed by atoms with Crippen molar-refractivity contribution in [3.05, 3.63) is 23.8 Å². The van der Waals surface area contributed by atoms with Crippen LogP contribution in [0.25, 0.3) is 0 Å². The highest BCUT2D eigenvalue weighted by Gasteiger charge is 2.48. The molecule has 2 rings (SSSR count). The third kappa shape index (κ3) is 2.35. The van der Waals surface area contributed by atoms with Gasteiger partial charge in [0.05, 0.1) is 6.10 Å². The Kier molecular flexibility index (Phi) is 3.49. The summed E-state index contributed by atoms with van der Waals surface area (Å²) in [6.07, 6.45) is 7.42. The molecule has 0 bridgehead atoms. The smallest absolute Gasteiger partial charge is 0.0781 e. The highest BCUT2D eigenvalue weighted by Crippen LogP contribution is 2.56. The monoisotopic (exact) mass is 234 g/mol. The summed E-state index contributed by atoms with van der Waals surface area (Å²) in [5.74, 6) is 1.49. The molecule has 0 aliphatic heterocycles. The van der Waals surface area contributed by atoms with Crippen molar-refractivity contribution in [3.8, 4) is 0 Å². The Labute approximate surface area is 106 Å². The minimum atomic E-state index is 0.313. The van der Waals surface area contributed by atoms with E-state index in [9.17, 15) is 0 Å². The van der Waals surface area contributed by atoms with Crippen LogP contribution in [0.1, 0.15) is 46.5 Å². The molecule has 3 unspecified atom stereocenters. The molecule has 0 aromatic heterocycles. The van der Waals surface area contributed by atoms with Crippen molar-refractivity contribution in [1.29, 1.82) is 0 Å². The second-order valence-electron chi connectivity index (χ2n) is 6.51. The van der Waals surface area contributed by atoms with E-state index in [4.69, 9.17) is 4.74 Å². The maximum atomic E-state index is 5.68. The first-order valence-corrected chi connectivity index (χ1v) is 6.83. The molecule has 1 nitrogen and oxygen atoms in total. The molecular weight excluding hydrogens is 208 g/mol. The van der Waals surface area contributed by atoms with Gasteiger partial charge in [-0.3, -0.25) is 0 Å². The van der Waals surface area contributed by atoms with Gasteiger partial charge in [0.25, 0.3) is 0 Å². The zero-order valence-corrected chi connectivity index (χ0v) is 11.8. The summed E-state index contributed by atoms with van der Waals surface area (Å²) in [6.45, 7) is 11.3. The summed E-state index contributed by atoms with van der Waals surface area (Å²) in [5, 5.41) is 0. The van der Waals surface area contributed by atoms with Crippen molar-refractivity contribution in [2.45, 2.75) is 52.6 Å². The molecule has 2 aliphatic rings. The average Bonchev–Trinajstić information content (AvgIpc) is 2.30. The summed E-state index contributed by atoms with van der Waals surface area (Å²) in [7, 11) is 1.84. The standard InChI is InChI=1S/C16H26O/c1-11-7-6-8-12(2)15(17-5)9-14-13(11)10-16(14,3)4/h8,13-15H,1,6-7,9-10H2,2-5H3. The molecule has 2 aliphatic carbocycles. The lowest BCUT2D eigenvalue weighted by Crippen LogP contribution is -2.46. The van der Waals surface area contributed by atoms with E-state index in [0.29, 0.717) is 11.5 Å². The van der Waals surface area contributed by atoms with Crippen molar-refractivity contribution in [2.24, 2.45) is 17.3 Å². The topological polar surface area (TPSA) is 9.23 Å². The minimum Gasteiger partial charge on any atom is -0.377 e. The highest BCUT2D eigenvalue weighted by atomic mass is 16.5. The quantitative estimate of drug-likeness (QED) is 0.613. The van der Waals surface area contributed by atoms with Crippen LogP contribution in [-0.2, 0) is 4.74 Å². The summed E-state index contributed by atoms with van der Waals surface area (Å²) >= 11 is 0. The molecule has 1 heteroatoms. The third-order valence-electron chi connectivity index (χ3n) is 4.95. The number of fused-ring (bicyclic) bond motifs is 1. The third-order valence-corrected chi connectivity index (χ3v) is 4.95. The van der Waals surface area contributed by atoms with E-state index in [2.05, 4.69) is 33.4 Å². The molecule has 17 heavy (non-hydrogen) atoms. The van der Waals surface area contributed by atoms with Crippen molar-refractivity contribution < 1.29 is 4.74 Å². The predicted octanol–water partition coefficient (Wildman–Crippen LogP) is 4.35. The lowest BCUT2D eigenvalue weighted by atomic mass is 9.52. The van der Waals surface area contributed by atoms with Gasteiger partial charge in [0.2, 0.25) is 0 Å². The van der Waals surface area contributed by atoms with E-state index >= 15 is 0 Å². The first-order valence-electron chi connectivity index (χ1n) is 6.83. The second kappa shape index (κ2) is 4.61. The molecule has 1 fully saturated rings. The fourth-order valence-corrected chi connectivity index (χ4v) is 3.66. The number of ether oxygens (including phenoxy) is 1. The van der Waals surface area contributed by atoms with Crippen LogP contribution in [0.4, 0.5) is 0 Å². The van der Waals surface area contributed by atoms with Crippen LogP contribution in [-0.4, -0.2) is 13.2 Å². The van der Waals surface area contributed by atoms with E-state index < -0.39 is 0 Å². The maximum absolute atomic E-state index is 5.68. The molecular formula is C16H26O. The van der Waals surface area contributed by atoms with Crippen LogP contribution in [0.15, 0.2) is 23.8 Å². The molecule has 0 aromatic rings. The Bertz CT molecular complexity index is 337. The molecule has 3 atom stereocenters. The Morgan fingerprint density at radius 2 is 2.12 bits per heavy atom. The summed E-state index contributed by atoms with van der Waals surface area (Å²) in [5.41, 5.74) is 3.34. The Morgan fingerprint density at radius 3 is 2.71 bits per heavy atom. The lowest BCUT2D eigenvalue weighted by molar-refractivity contribution is -0.0281. The van der Waals surface area contributed by atoms with Crippen LogP contribution in [0.3, 0.4) is 0 Å². The predicted molar refractivity (Wildman–Crippen MR) is 72.9 cm³/mol. The highest BCUT2D eigenvalue weighted by molar-refractivity contribution is 5.18. The van der Waals surface area contributed by atoms with Gasteiger partial charge in [-0.1, -0.05) is 32.1 Å². The van der Waals surface area contributed by atoms with Gasteiger partial charge >= 0.3 is 0 Å². The molecule has 0 aromatic carbocycles. The second-order valence-corrected chi connectivity index (χ2v) is 6.51. The lowest BCUT2D eigenvalue weighted by Gasteiger charge is -2.53. The number of allylic oxidation sites excluding steroid dienone is 2. The zero-order chi connectivity index (χ0) is 12.6. The van der Waals surface area contributed by atoms with Crippen LogP contribution in [0, 0.1) is 17.3 Å². The number of hydrogen-bond acceptors (Lipinski definition) is 1. The van der Waals surface area contributed by atoms with Crippen molar-refractivity contribution in [2.75, 3.05) is 7.11 Å². The molecule has 0 saturated heterocycles. The Balaban J connectivity index is 2.21. The first-order chi connectivity index (χ1) is 7.95. The average molecular weight is 234 g/mol.